The molecule has 0 aromatic heterocycles. The van der Waals surface area contributed by atoms with Crippen molar-refractivity contribution in [3.63, 3.8) is 0 Å². The molecule has 1 aromatic rings. The van der Waals surface area contributed by atoms with Crippen molar-refractivity contribution in [1.29, 1.82) is 0 Å². The third kappa shape index (κ3) is 7.11. The van der Waals surface area contributed by atoms with Crippen molar-refractivity contribution in [3.8, 4) is 0 Å². The van der Waals surface area contributed by atoms with Crippen molar-refractivity contribution in [2.75, 3.05) is 5.75 Å². The van der Waals surface area contributed by atoms with Gasteiger partial charge < -0.3 is 0 Å². The number of aliphatic hydroxyl groups is 1. The van der Waals surface area contributed by atoms with Gasteiger partial charge in [-0.25, -0.2) is 0 Å². The van der Waals surface area contributed by atoms with Crippen LogP contribution in [0.4, 0.5) is 0 Å². The van der Waals surface area contributed by atoms with E-state index in [1.165, 1.54) is 42.1 Å². The number of benzene rings is 1. The van der Waals surface area contributed by atoms with Crippen LogP contribution in [0.5, 0.6) is 0 Å². The third-order valence-electron chi connectivity index (χ3n) is 2.55. The first-order valence-corrected chi connectivity index (χ1v) is 11.4. The van der Waals surface area contributed by atoms with Crippen LogP contribution in [0.15, 0.2) is 34.1 Å². The first-order chi connectivity index (χ1) is 9.43. The van der Waals surface area contributed by atoms with Gasteiger partial charge in [-0.1, -0.05) is 0 Å². The van der Waals surface area contributed by atoms with Crippen LogP contribution in [0, 0.1) is 0 Å². The molecule has 0 aliphatic heterocycles. The fraction of sp³-hybridized carbons (Fsp3) is 0.538. The molecule has 0 saturated carbocycles. The van der Waals surface area contributed by atoms with E-state index in [2.05, 4.69) is 6.92 Å². The van der Waals surface area contributed by atoms with Crippen molar-refractivity contribution in [3.05, 3.63) is 24.3 Å². The van der Waals surface area contributed by atoms with Gasteiger partial charge >= 0.3 is 132 Å². The summed E-state index contributed by atoms with van der Waals surface area (Å²) in [6, 6.07) is 6.43. The number of primary sulfonamides is 1. The van der Waals surface area contributed by atoms with Gasteiger partial charge in [0.1, 0.15) is 0 Å². The molecule has 0 amide bonds. The molecule has 1 rings (SSSR count). The maximum absolute atomic E-state index is 11.1. The van der Waals surface area contributed by atoms with E-state index in [1.54, 1.807) is 12.1 Å². The van der Waals surface area contributed by atoms with E-state index in [9.17, 15) is 13.5 Å². The van der Waals surface area contributed by atoms with Crippen LogP contribution in [-0.2, 0) is 10.0 Å². The molecule has 4 nitrogen and oxygen atoms in total. The molecule has 20 heavy (non-hydrogen) atoms. The zero-order valence-electron chi connectivity index (χ0n) is 11.5. The minimum atomic E-state index is -3.62. The molecule has 0 bridgehead atoms. The van der Waals surface area contributed by atoms with Crippen molar-refractivity contribution < 1.29 is 13.5 Å². The zero-order valence-corrected chi connectivity index (χ0v) is 14.8. The van der Waals surface area contributed by atoms with E-state index in [0.717, 1.165) is 10.2 Å². The SMILES string of the molecule is CCCC[Se]CC(O)CSc1ccc(S(N)(=O)=O)cc1. The normalized spacial score (nSPS) is 13.3. The van der Waals surface area contributed by atoms with Crippen LogP contribution in [0.3, 0.4) is 0 Å². The molecule has 0 aliphatic rings. The van der Waals surface area contributed by atoms with E-state index in [4.69, 9.17) is 5.14 Å². The standard InChI is InChI=1S/C13H21NO3S2Se/c1-2-3-8-20-10-11(15)9-18-12-4-6-13(7-5-12)19(14,16)17/h4-7,11,15H,2-3,8-10H2,1H3,(H2,14,16,17). The molecule has 0 saturated heterocycles. The molecule has 7 heteroatoms. The first kappa shape index (κ1) is 18.0. The van der Waals surface area contributed by atoms with E-state index < -0.39 is 10.0 Å². The summed E-state index contributed by atoms with van der Waals surface area (Å²) in [6.07, 6.45) is 2.17. The minimum absolute atomic E-state index is 0.116. The maximum atomic E-state index is 11.1. The Bertz CT molecular complexity index is 491. The van der Waals surface area contributed by atoms with Crippen molar-refractivity contribution in [2.45, 2.75) is 46.3 Å². The van der Waals surface area contributed by atoms with Gasteiger partial charge in [0.25, 0.3) is 0 Å². The number of hydrogen-bond donors (Lipinski definition) is 2. The molecule has 1 aromatic carbocycles. The number of thioether (sulfide) groups is 1. The number of rotatable bonds is 9. The summed E-state index contributed by atoms with van der Waals surface area (Å²) in [4.78, 5) is 1.06. The number of nitrogens with two attached hydrogens (primary N) is 1. The second kappa shape index (κ2) is 9.07. The number of unbranched alkanes of at least 4 members (excludes halogenated alkanes) is 1. The van der Waals surface area contributed by atoms with Gasteiger partial charge in [0, 0.05) is 0 Å². The predicted molar refractivity (Wildman–Crippen MR) is 84.8 cm³/mol. The van der Waals surface area contributed by atoms with Gasteiger partial charge in [0.15, 0.2) is 0 Å². The van der Waals surface area contributed by atoms with Crippen molar-refractivity contribution >= 4 is 36.7 Å². The van der Waals surface area contributed by atoms with Crippen LogP contribution in [-0.4, -0.2) is 40.3 Å². The topological polar surface area (TPSA) is 80.4 Å². The van der Waals surface area contributed by atoms with Gasteiger partial charge in [-0.2, -0.15) is 0 Å². The molecule has 0 heterocycles. The Hall–Kier alpha value is -0.0405. The number of hydrogen-bond acceptors (Lipinski definition) is 4. The van der Waals surface area contributed by atoms with Gasteiger partial charge in [0.2, 0.25) is 0 Å². The molecular weight excluding hydrogens is 361 g/mol. The Labute approximate surface area is 131 Å². The quantitative estimate of drug-likeness (QED) is 0.390. The average Bonchev–Trinajstić information content (AvgIpc) is 2.41. The zero-order chi connectivity index (χ0) is 15.0. The summed E-state index contributed by atoms with van der Waals surface area (Å²) in [5.41, 5.74) is 0. The van der Waals surface area contributed by atoms with Crippen LogP contribution in [0.1, 0.15) is 19.8 Å². The van der Waals surface area contributed by atoms with E-state index in [-0.39, 0.29) is 11.0 Å². The summed E-state index contributed by atoms with van der Waals surface area (Å²) < 4.78 is 22.2. The molecule has 0 fully saturated rings. The second-order valence-electron chi connectivity index (χ2n) is 4.41. The van der Waals surface area contributed by atoms with Gasteiger partial charge in [-0.3, -0.25) is 0 Å². The predicted octanol–water partition coefficient (Wildman–Crippen LogP) is 2.13. The molecule has 1 atom stereocenters. The number of aliphatic hydroxyl groups excluding tert-OH is 1. The van der Waals surface area contributed by atoms with E-state index in [1.807, 2.05) is 0 Å². The van der Waals surface area contributed by atoms with Crippen LogP contribution in [0.25, 0.3) is 0 Å². The summed E-state index contributed by atoms with van der Waals surface area (Å²) in [5, 5.41) is 17.0. The molecule has 114 valence electrons. The molecule has 3 N–H and O–H groups in total. The summed E-state index contributed by atoms with van der Waals surface area (Å²) >= 11 is 2.06. The summed E-state index contributed by atoms with van der Waals surface area (Å²) in [7, 11) is -3.62. The van der Waals surface area contributed by atoms with Gasteiger partial charge in [-0.15, -0.1) is 0 Å². The Morgan fingerprint density at radius 3 is 2.55 bits per heavy atom. The summed E-state index contributed by atoms with van der Waals surface area (Å²) in [5.74, 6) is 0.641. The molecule has 1 unspecified atom stereocenters. The molecular formula is C13H21NO3S2Se. The Morgan fingerprint density at radius 1 is 1.35 bits per heavy atom. The Morgan fingerprint density at radius 2 is 2.00 bits per heavy atom. The Balaban J connectivity index is 2.35. The summed E-state index contributed by atoms with van der Waals surface area (Å²) in [6.45, 7) is 2.17. The van der Waals surface area contributed by atoms with Gasteiger partial charge in [-0.05, 0) is 0 Å². The Kier molecular flexibility index (Phi) is 8.17. The van der Waals surface area contributed by atoms with Crippen LogP contribution >= 0.6 is 11.8 Å². The van der Waals surface area contributed by atoms with Crippen LogP contribution in [0.2, 0.25) is 10.6 Å². The van der Waals surface area contributed by atoms with Crippen molar-refractivity contribution in [1.82, 2.24) is 0 Å². The first-order valence-electron chi connectivity index (χ1n) is 6.45. The molecule has 0 spiro atoms. The second-order valence-corrected chi connectivity index (χ2v) is 9.48. The fourth-order valence-electron chi connectivity index (χ4n) is 1.43. The monoisotopic (exact) mass is 383 g/mol. The average molecular weight is 382 g/mol. The van der Waals surface area contributed by atoms with Crippen LogP contribution < -0.4 is 5.14 Å². The third-order valence-corrected chi connectivity index (χ3v) is 7.15. The van der Waals surface area contributed by atoms with E-state index in [0.29, 0.717) is 20.7 Å². The van der Waals surface area contributed by atoms with Crippen molar-refractivity contribution in [2.24, 2.45) is 5.14 Å². The molecule has 0 aliphatic carbocycles. The molecule has 0 radical (unpaired) electrons. The number of sulfonamides is 1. The van der Waals surface area contributed by atoms with E-state index >= 15 is 0 Å². The fourth-order valence-corrected chi connectivity index (χ4v) is 5.32. The van der Waals surface area contributed by atoms with Gasteiger partial charge in [0.05, 0.1) is 0 Å².